The van der Waals surface area contributed by atoms with E-state index in [1.807, 2.05) is 18.5 Å². The van der Waals surface area contributed by atoms with E-state index in [4.69, 9.17) is 4.42 Å². The summed E-state index contributed by atoms with van der Waals surface area (Å²) in [5.74, 6) is 1.96. The molecule has 0 unspecified atom stereocenters. The molecule has 0 atom stereocenters. The fourth-order valence-electron chi connectivity index (χ4n) is 2.03. The van der Waals surface area contributed by atoms with E-state index < -0.39 is 0 Å². The quantitative estimate of drug-likeness (QED) is 0.765. The lowest BCUT2D eigenvalue weighted by atomic mass is 10.2. The van der Waals surface area contributed by atoms with Gasteiger partial charge in [-0.1, -0.05) is 13.8 Å². The van der Waals surface area contributed by atoms with E-state index >= 15 is 0 Å². The lowest BCUT2D eigenvalue weighted by molar-refractivity contribution is 0.484. The van der Waals surface area contributed by atoms with Gasteiger partial charge in [-0.25, -0.2) is 4.98 Å². The molecule has 2 aromatic heterocycles. The van der Waals surface area contributed by atoms with Crippen molar-refractivity contribution in [2.75, 3.05) is 6.54 Å². The molecule has 98 valence electrons. The van der Waals surface area contributed by atoms with Crippen LogP contribution in [0.2, 0.25) is 0 Å². The van der Waals surface area contributed by atoms with Crippen molar-refractivity contribution in [3.05, 3.63) is 30.5 Å². The number of imidazole rings is 1. The largest absolute Gasteiger partial charge is 0.467 e. The molecule has 0 fully saturated rings. The fraction of sp³-hybridized carbons (Fsp3) is 0.500. The third kappa shape index (κ3) is 2.82. The van der Waals surface area contributed by atoms with Crippen molar-refractivity contribution in [2.45, 2.75) is 39.8 Å². The van der Waals surface area contributed by atoms with E-state index in [1.54, 1.807) is 6.26 Å². The summed E-state index contributed by atoms with van der Waals surface area (Å²) < 4.78 is 7.73. The van der Waals surface area contributed by atoms with Crippen LogP contribution in [0.15, 0.2) is 29.1 Å². The number of rotatable bonds is 7. The van der Waals surface area contributed by atoms with Gasteiger partial charge in [0.05, 0.1) is 18.4 Å². The van der Waals surface area contributed by atoms with Gasteiger partial charge in [0.25, 0.3) is 0 Å². The van der Waals surface area contributed by atoms with Crippen molar-refractivity contribution in [3.63, 3.8) is 0 Å². The summed E-state index contributed by atoms with van der Waals surface area (Å²) in [4.78, 5) is 4.44. The molecule has 2 rings (SSSR count). The third-order valence-corrected chi connectivity index (χ3v) is 2.88. The van der Waals surface area contributed by atoms with Crippen LogP contribution in [0, 0.1) is 0 Å². The highest BCUT2D eigenvalue weighted by atomic mass is 16.3. The summed E-state index contributed by atoms with van der Waals surface area (Å²) in [7, 11) is 0. The molecule has 0 aromatic carbocycles. The van der Waals surface area contributed by atoms with Crippen molar-refractivity contribution < 1.29 is 4.42 Å². The summed E-state index contributed by atoms with van der Waals surface area (Å²) in [5.41, 5.74) is 1.09. The minimum atomic E-state index is 0.759. The van der Waals surface area contributed by atoms with Crippen LogP contribution in [-0.2, 0) is 13.1 Å². The second-order valence-electron chi connectivity index (χ2n) is 4.38. The maximum atomic E-state index is 5.55. The van der Waals surface area contributed by atoms with Crippen LogP contribution < -0.4 is 5.32 Å². The lowest BCUT2D eigenvalue weighted by Crippen LogP contribution is -2.14. The molecule has 0 radical (unpaired) electrons. The Morgan fingerprint density at radius 1 is 1.33 bits per heavy atom. The Morgan fingerprint density at radius 2 is 2.22 bits per heavy atom. The Bertz CT molecular complexity index is 473. The zero-order valence-electron chi connectivity index (χ0n) is 11.1. The number of nitrogens with zero attached hydrogens (tertiary/aromatic N) is 2. The Morgan fingerprint density at radius 3 is 3.00 bits per heavy atom. The second-order valence-corrected chi connectivity index (χ2v) is 4.38. The standard InChI is InChI=1S/C14H21N3O/c1-3-6-15-11-13-12(5-10-18-13)14-16-7-9-17(14)8-4-2/h5,7,9-10,15H,3-4,6,8,11H2,1-2H3. The summed E-state index contributed by atoms with van der Waals surface area (Å²) >= 11 is 0. The van der Waals surface area contributed by atoms with Crippen molar-refractivity contribution in [1.29, 1.82) is 0 Å². The van der Waals surface area contributed by atoms with Gasteiger partial charge in [0.2, 0.25) is 0 Å². The van der Waals surface area contributed by atoms with Gasteiger partial charge in [-0.05, 0) is 25.5 Å². The van der Waals surface area contributed by atoms with Crippen LogP contribution in [0.1, 0.15) is 32.4 Å². The van der Waals surface area contributed by atoms with E-state index in [-0.39, 0.29) is 0 Å². The summed E-state index contributed by atoms with van der Waals surface area (Å²) in [5, 5.41) is 3.36. The molecule has 0 saturated heterocycles. The smallest absolute Gasteiger partial charge is 0.143 e. The lowest BCUT2D eigenvalue weighted by Gasteiger charge is -2.07. The van der Waals surface area contributed by atoms with Crippen LogP contribution in [0.5, 0.6) is 0 Å². The zero-order chi connectivity index (χ0) is 12.8. The van der Waals surface area contributed by atoms with Gasteiger partial charge >= 0.3 is 0 Å². The molecule has 0 aliphatic heterocycles. The number of furan rings is 1. The van der Waals surface area contributed by atoms with Crippen LogP contribution in [0.3, 0.4) is 0 Å². The maximum Gasteiger partial charge on any atom is 0.143 e. The van der Waals surface area contributed by atoms with Crippen molar-refractivity contribution in [3.8, 4) is 11.4 Å². The first-order valence-electron chi connectivity index (χ1n) is 6.65. The zero-order valence-corrected chi connectivity index (χ0v) is 11.1. The molecular formula is C14H21N3O. The summed E-state index contributed by atoms with van der Waals surface area (Å²) in [6.07, 6.45) is 7.84. The van der Waals surface area contributed by atoms with Gasteiger partial charge in [0.15, 0.2) is 0 Å². The molecule has 4 nitrogen and oxygen atoms in total. The van der Waals surface area contributed by atoms with Gasteiger partial charge in [0, 0.05) is 18.9 Å². The molecule has 18 heavy (non-hydrogen) atoms. The Labute approximate surface area is 108 Å². The predicted octanol–water partition coefficient (Wildman–Crippen LogP) is 3.05. The third-order valence-electron chi connectivity index (χ3n) is 2.88. The molecule has 0 bridgehead atoms. The van der Waals surface area contributed by atoms with Gasteiger partial charge in [0.1, 0.15) is 11.6 Å². The average Bonchev–Trinajstić information content (AvgIpc) is 2.98. The van der Waals surface area contributed by atoms with Crippen LogP contribution >= 0.6 is 0 Å². The van der Waals surface area contributed by atoms with Gasteiger partial charge in [-0.15, -0.1) is 0 Å². The number of hydrogen-bond acceptors (Lipinski definition) is 3. The average molecular weight is 247 g/mol. The fourth-order valence-corrected chi connectivity index (χ4v) is 2.03. The summed E-state index contributed by atoms with van der Waals surface area (Å²) in [6.45, 7) is 7.08. The Kier molecular flexibility index (Phi) is 4.59. The molecule has 2 heterocycles. The van der Waals surface area contributed by atoms with E-state index in [2.05, 4.69) is 28.7 Å². The SMILES string of the molecule is CCCNCc1occc1-c1nccn1CCC. The highest BCUT2D eigenvalue weighted by Gasteiger charge is 2.13. The predicted molar refractivity (Wildman–Crippen MR) is 72.2 cm³/mol. The van der Waals surface area contributed by atoms with E-state index in [1.165, 1.54) is 0 Å². The Hall–Kier alpha value is -1.55. The van der Waals surface area contributed by atoms with Crippen LogP contribution in [0.4, 0.5) is 0 Å². The highest BCUT2D eigenvalue weighted by Crippen LogP contribution is 2.23. The number of aromatic nitrogens is 2. The van der Waals surface area contributed by atoms with E-state index in [0.717, 1.165) is 49.6 Å². The summed E-state index contributed by atoms with van der Waals surface area (Å²) in [6, 6.07) is 2.00. The van der Waals surface area contributed by atoms with Gasteiger partial charge in [-0.2, -0.15) is 0 Å². The molecule has 0 amide bonds. The van der Waals surface area contributed by atoms with Gasteiger partial charge < -0.3 is 14.3 Å². The monoisotopic (exact) mass is 247 g/mol. The van der Waals surface area contributed by atoms with Crippen LogP contribution in [0.25, 0.3) is 11.4 Å². The van der Waals surface area contributed by atoms with E-state index in [0.29, 0.717) is 0 Å². The number of aryl methyl sites for hydroxylation is 1. The molecular weight excluding hydrogens is 226 g/mol. The molecule has 0 saturated carbocycles. The topological polar surface area (TPSA) is 43.0 Å². The number of hydrogen-bond donors (Lipinski definition) is 1. The normalized spacial score (nSPS) is 11.0. The molecule has 0 spiro atoms. The van der Waals surface area contributed by atoms with Gasteiger partial charge in [-0.3, -0.25) is 0 Å². The first kappa shape index (κ1) is 12.9. The van der Waals surface area contributed by atoms with E-state index in [9.17, 15) is 0 Å². The molecule has 1 N–H and O–H groups in total. The molecule has 0 aliphatic carbocycles. The first-order valence-corrected chi connectivity index (χ1v) is 6.65. The maximum absolute atomic E-state index is 5.55. The van der Waals surface area contributed by atoms with Crippen molar-refractivity contribution >= 4 is 0 Å². The van der Waals surface area contributed by atoms with Crippen LogP contribution in [-0.4, -0.2) is 16.1 Å². The Balaban J connectivity index is 2.17. The molecule has 2 aromatic rings. The molecule has 0 aliphatic rings. The minimum Gasteiger partial charge on any atom is -0.467 e. The van der Waals surface area contributed by atoms with Crippen molar-refractivity contribution in [2.24, 2.45) is 0 Å². The number of nitrogens with one attached hydrogen (secondary N) is 1. The van der Waals surface area contributed by atoms with Crippen molar-refractivity contribution in [1.82, 2.24) is 14.9 Å². The molecule has 4 heteroatoms. The minimum absolute atomic E-state index is 0.759. The first-order chi connectivity index (χ1) is 8.86. The second kappa shape index (κ2) is 6.40. The highest BCUT2D eigenvalue weighted by molar-refractivity contribution is 5.57.